The van der Waals surface area contributed by atoms with E-state index in [1.807, 2.05) is 25.5 Å². The molecule has 0 saturated heterocycles. The Balaban J connectivity index is 1.82. The molecular weight excluding hydrogens is 383 g/mol. The molecule has 29 heavy (non-hydrogen) atoms. The first-order valence-corrected chi connectivity index (χ1v) is 10.1. The van der Waals surface area contributed by atoms with Gasteiger partial charge in [-0.25, -0.2) is 0 Å². The normalized spacial score (nSPS) is 14.6. The van der Waals surface area contributed by atoms with Crippen LogP contribution in [0.3, 0.4) is 0 Å². The Kier molecular flexibility index (Phi) is 6.05. The summed E-state index contributed by atoms with van der Waals surface area (Å²) in [5.41, 5.74) is 2.82. The zero-order valence-electron chi connectivity index (χ0n) is 17.4. The zero-order chi connectivity index (χ0) is 21.3. The molecule has 0 saturated carbocycles. The number of fused-ring (bicyclic) bond motifs is 1. The van der Waals surface area contributed by atoms with E-state index in [-0.39, 0.29) is 18.0 Å². The van der Waals surface area contributed by atoms with Crippen LogP contribution in [0.4, 0.5) is 13.2 Å². The average Bonchev–Trinajstić information content (AvgIpc) is 3.01. The molecule has 0 spiro atoms. The van der Waals surface area contributed by atoms with Crippen LogP contribution in [0.25, 0.3) is 0 Å². The summed E-state index contributed by atoms with van der Waals surface area (Å²) in [6, 6.07) is 0. The highest BCUT2D eigenvalue weighted by atomic mass is 19.4. The van der Waals surface area contributed by atoms with Crippen molar-refractivity contribution in [3.05, 3.63) is 33.9 Å². The summed E-state index contributed by atoms with van der Waals surface area (Å²) in [4.78, 5) is 14.3. The van der Waals surface area contributed by atoms with Crippen molar-refractivity contribution in [1.29, 1.82) is 0 Å². The summed E-state index contributed by atoms with van der Waals surface area (Å²) in [5, 5.41) is 8.27. The van der Waals surface area contributed by atoms with Gasteiger partial charge < -0.3 is 4.90 Å². The molecule has 0 N–H and O–H groups in total. The fraction of sp³-hybridized carbons (Fsp3) is 0.650. The first-order valence-electron chi connectivity index (χ1n) is 10.1. The summed E-state index contributed by atoms with van der Waals surface area (Å²) < 4.78 is 43.5. The molecule has 3 rings (SSSR count). The van der Waals surface area contributed by atoms with Crippen LogP contribution < -0.4 is 0 Å². The highest BCUT2D eigenvalue weighted by molar-refractivity contribution is 5.75. The number of likely N-dealkylation sites (N-methyl/N-ethyl adjacent to an activating group) is 1. The van der Waals surface area contributed by atoms with Crippen molar-refractivity contribution in [2.75, 3.05) is 7.05 Å². The predicted octanol–water partition coefficient (Wildman–Crippen LogP) is 3.66. The maximum atomic E-state index is 13.4. The van der Waals surface area contributed by atoms with Crippen molar-refractivity contribution in [3.63, 3.8) is 0 Å². The van der Waals surface area contributed by atoms with Gasteiger partial charge in [0, 0.05) is 42.7 Å². The Morgan fingerprint density at radius 3 is 2.41 bits per heavy atom. The number of carbonyl (C=O) groups excluding carboxylic acids is 1. The van der Waals surface area contributed by atoms with Gasteiger partial charge in [0.05, 0.1) is 5.69 Å². The van der Waals surface area contributed by atoms with Crippen molar-refractivity contribution < 1.29 is 18.0 Å². The van der Waals surface area contributed by atoms with E-state index < -0.39 is 11.9 Å². The molecular formula is C20H28F3N5O. The van der Waals surface area contributed by atoms with Crippen LogP contribution in [0.2, 0.25) is 0 Å². The summed E-state index contributed by atoms with van der Waals surface area (Å²) in [5.74, 6) is -0.267. The van der Waals surface area contributed by atoms with E-state index in [4.69, 9.17) is 0 Å². The third-order valence-electron chi connectivity index (χ3n) is 5.71. The summed E-state index contributed by atoms with van der Waals surface area (Å²) in [6.45, 7) is 6.78. The molecule has 0 aliphatic heterocycles. The largest absolute Gasteiger partial charge is 0.435 e. The number of nitrogens with zero attached hydrogens (tertiary/aromatic N) is 5. The van der Waals surface area contributed by atoms with Gasteiger partial charge >= 0.3 is 6.18 Å². The van der Waals surface area contributed by atoms with E-state index >= 15 is 0 Å². The molecule has 0 bridgehead atoms. The fourth-order valence-corrected chi connectivity index (χ4v) is 4.05. The molecule has 6 nitrogen and oxygen atoms in total. The van der Waals surface area contributed by atoms with Gasteiger partial charge in [-0.1, -0.05) is 6.42 Å². The third kappa shape index (κ3) is 4.33. The minimum atomic E-state index is -4.50. The Hall–Kier alpha value is -2.32. The lowest BCUT2D eigenvalue weighted by molar-refractivity contribution is -0.142. The number of carbonyl (C=O) groups is 1. The molecule has 2 aromatic heterocycles. The number of amides is 1. The van der Waals surface area contributed by atoms with Crippen LogP contribution >= 0.6 is 0 Å². The van der Waals surface area contributed by atoms with Gasteiger partial charge in [-0.3, -0.25) is 14.2 Å². The highest BCUT2D eigenvalue weighted by Crippen LogP contribution is 2.35. The Bertz CT molecular complexity index is 897. The van der Waals surface area contributed by atoms with E-state index in [0.29, 0.717) is 25.1 Å². The van der Waals surface area contributed by atoms with Crippen LogP contribution in [-0.4, -0.2) is 37.4 Å². The molecule has 9 heteroatoms. The molecule has 1 aliphatic carbocycles. The first kappa shape index (κ1) is 21.4. The van der Waals surface area contributed by atoms with Crippen LogP contribution in [0.1, 0.15) is 60.1 Å². The number of halogens is 3. The summed E-state index contributed by atoms with van der Waals surface area (Å²) in [7, 11) is 1.66. The lowest BCUT2D eigenvalue weighted by Crippen LogP contribution is -2.31. The molecule has 0 radical (unpaired) electrons. The van der Waals surface area contributed by atoms with E-state index in [1.165, 1.54) is 9.58 Å². The van der Waals surface area contributed by atoms with E-state index in [1.54, 1.807) is 7.05 Å². The second kappa shape index (κ2) is 8.20. The fourth-order valence-electron chi connectivity index (χ4n) is 4.05. The second-order valence-electron chi connectivity index (χ2n) is 7.70. The molecule has 0 unspecified atom stereocenters. The minimum absolute atomic E-state index is 0.186. The number of aryl methyl sites for hydroxylation is 2. The molecule has 0 atom stereocenters. The van der Waals surface area contributed by atoms with Crippen LogP contribution in [0.5, 0.6) is 0 Å². The number of rotatable bonds is 5. The number of aromatic nitrogens is 4. The summed E-state index contributed by atoms with van der Waals surface area (Å²) >= 11 is 0. The SMILES string of the molecule is CCn1nc(C)c(CN(C)C(=O)Cn2nc(C(F)(F)F)c3c2CCCCC3)c1C. The Labute approximate surface area is 168 Å². The van der Waals surface area contributed by atoms with Crippen LogP contribution in [0, 0.1) is 13.8 Å². The van der Waals surface area contributed by atoms with Gasteiger partial charge in [-0.2, -0.15) is 23.4 Å². The smallest absolute Gasteiger partial charge is 0.340 e. The molecule has 160 valence electrons. The first-order chi connectivity index (χ1) is 13.6. The Morgan fingerprint density at radius 1 is 1.10 bits per heavy atom. The quantitative estimate of drug-likeness (QED) is 0.706. The van der Waals surface area contributed by atoms with Gasteiger partial charge in [0.1, 0.15) is 6.54 Å². The second-order valence-corrected chi connectivity index (χ2v) is 7.70. The highest BCUT2D eigenvalue weighted by Gasteiger charge is 2.39. The number of hydrogen-bond acceptors (Lipinski definition) is 3. The number of alkyl halides is 3. The minimum Gasteiger partial charge on any atom is -0.340 e. The molecule has 1 amide bonds. The monoisotopic (exact) mass is 411 g/mol. The topological polar surface area (TPSA) is 56.0 Å². The molecule has 0 aromatic carbocycles. The van der Waals surface area contributed by atoms with E-state index in [0.717, 1.165) is 42.8 Å². The number of hydrogen-bond donors (Lipinski definition) is 0. The standard InChI is InChI=1S/C20H28F3N5O/c1-5-27-14(3)16(13(2)24-27)11-26(4)18(29)12-28-17-10-8-6-7-9-15(17)19(25-28)20(21,22)23/h5-12H2,1-4H3. The van der Waals surface area contributed by atoms with Gasteiger partial charge in [0.15, 0.2) is 5.69 Å². The molecule has 1 aliphatic rings. The average molecular weight is 411 g/mol. The van der Waals surface area contributed by atoms with Crippen molar-refractivity contribution in [2.45, 2.75) is 78.7 Å². The lowest BCUT2D eigenvalue weighted by atomic mass is 10.1. The van der Waals surface area contributed by atoms with Gasteiger partial charge in [0.25, 0.3) is 0 Å². The van der Waals surface area contributed by atoms with Crippen LogP contribution in [0.15, 0.2) is 0 Å². The maximum absolute atomic E-state index is 13.4. The van der Waals surface area contributed by atoms with Crippen molar-refractivity contribution in [3.8, 4) is 0 Å². The molecule has 0 fully saturated rings. The lowest BCUT2D eigenvalue weighted by Gasteiger charge is -2.18. The maximum Gasteiger partial charge on any atom is 0.435 e. The Morgan fingerprint density at radius 2 is 1.79 bits per heavy atom. The summed E-state index contributed by atoms with van der Waals surface area (Å²) in [6.07, 6.45) is -1.19. The third-order valence-corrected chi connectivity index (χ3v) is 5.71. The van der Waals surface area contributed by atoms with Gasteiger partial charge in [-0.05, 0) is 46.5 Å². The van der Waals surface area contributed by atoms with E-state index in [2.05, 4.69) is 10.2 Å². The van der Waals surface area contributed by atoms with Gasteiger partial charge in [-0.15, -0.1) is 0 Å². The zero-order valence-corrected chi connectivity index (χ0v) is 17.4. The predicted molar refractivity (Wildman–Crippen MR) is 102 cm³/mol. The van der Waals surface area contributed by atoms with Gasteiger partial charge in [0.2, 0.25) is 5.91 Å². The van der Waals surface area contributed by atoms with E-state index in [9.17, 15) is 18.0 Å². The van der Waals surface area contributed by atoms with Crippen LogP contribution in [-0.2, 0) is 43.4 Å². The molecule has 2 heterocycles. The van der Waals surface area contributed by atoms with Crippen molar-refractivity contribution in [1.82, 2.24) is 24.5 Å². The van der Waals surface area contributed by atoms with Crippen molar-refractivity contribution in [2.24, 2.45) is 0 Å². The van der Waals surface area contributed by atoms with Crippen molar-refractivity contribution >= 4 is 5.91 Å². The molecule has 2 aromatic rings.